The molecule has 4 heteroatoms. The van der Waals surface area contributed by atoms with Crippen molar-refractivity contribution >= 4 is 23.2 Å². The number of nitrogens with one attached hydrogen (secondary N) is 2. The number of aryl methyl sites for hydroxylation is 2. The van der Waals surface area contributed by atoms with Gasteiger partial charge in [0.1, 0.15) is 0 Å². The standard InChI is InChI=1S/C18H21ClN2O/c1-13-4-3-5-14(2)18(13)21-17(22)12-20-11-10-15-6-8-16(19)9-7-15/h3-9,20H,10-12H2,1-2H3,(H,21,22). The minimum atomic E-state index is -0.0199. The van der Waals surface area contributed by atoms with Gasteiger partial charge >= 0.3 is 0 Å². The van der Waals surface area contributed by atoms with Gasteiger partial charge in [-0.1, -0.05) is 41.9 Å². The number of rotatable bonds is 6. The van der Waals surface area contributed by atoms with E-state index in [9.17, 15) is 4.79 Å². The van der Waals surface area contributed by atoms with Crippen molar-refractivity contribution in [3.05, 3.63) is 64.2 Å². The molecule has 0 saturated carbocycles. The Bertz CT molecular complexity index is 618. The van der Waals surface area contributed by atoms with Gasteiger partial charge in [-0.15, -0.1) is 0 Å². The summed E-state index contributed by atoms with van der Waals surface area (Å²) in [5, 5.41) is 6.87. The van der Waals surface area contributed by atoms with Crippen LogP contribution in [-0.4, -0.2) is 19.0 Å². The smallest absolute Gasteiger partial charge is 0.238 e. The van der Waals surface area contributed by atoms with E-state index in [0.29, 0.717) is 6.54 Å². The molecule has 0 saturated heterocycles. The lowest BCUT2D eigenvalue weighted by atomic mass is 10.1. The number of benzene rings is 2. The summed E-state index contributed by atoms with van der Waals surface area (Å²) in [6.07, 6.45) is 0.869. The number of carbonyl (C=O) groups excluding carboxylic acids is 1. The van der Waals surface area contributed by atoms with Gasteiger partial charge in [0.05, 0.1) is 6.54 Å². The Hall–Kier alpha value is -1.84. The van der Waals surface area contributed by atoms with Crippen molar-refractivity contribution in [3.63, 3.8) is 0 Å². The zero-order valence-electron chi connectivity index (χ0n) is 12.9. The Morgan fingerprint density at radius 3 is 2.32 bits per heavy atom. The van der Waals surface area contributed by atoms with Crippen molar-refractivity contribution < 1.29 is 4.79 Å². The minimum Gasteiger partial charge on any atom is -0.324 e. The van der Waals surface area contributed by atoms with Gasteiger partial charge in [-0.3, -0.25) is 4.79 Å². The van der Waals surface area contributed by atoms with Gasteiger partial charge in [0, 0.05) is 10.7 Å². The number of para-hydroxylation sites is 1. The predicted molar refractivity (Wildman–Crippen MR) is 92.6 cm³/mol. The molecule has 3 nitrogen and oxygen atoms in total. The number of amides is 1. The van der Waals surface area contributed by atoms with E-state index in [2.05, 4.69) is 10.6 Å². The molecule has 0 aliphatic carbocycles. The molecular formula is C18H21ClN2O. The van der Waals surface area contributed by atoms with Crippen molar-refractivity contribution in [1.82, 2.24) is 5.32 Å². The highest BCUT2D eigenvalue weighted by Crippen LogP contribution is 2.18. The van der Waals surface area contributed by atoms with Crippen LogP contribution in [0.4, 0.5) is 5.69 Å². The first kappa shape index (κ1) is 16.5. The Morgan fingerprint density at radius 2 is 1.68 bits per heavy atom. The fourth-order valence-electron chi connectivity index (χ4n) is 2.28. The van der Waals surface area contributed by atoms with Crippen molar-refractivity contribution in [2.45, 2.75) is 20.3 Å². The maximum Gasteiger partial charge on any atom is 0.238 e. The summed E-state index contributed by atoms with van der Waals surface area (Å²) in [5.74, 6) is -0.0199. The third-order valence-electron chi connectivity index (χ3n) is 3.53. The van der Waals surface area contributed by atoms with E-state index in [4.69, 9.17) is 11.6 Å². The van der Waals surface area contributed by atoms with Gasteiger partial charge in [-0.05, 0) is 55.6 Å². The van der Waals surface area contributed by atoms with Crippen molar-refractivity contribution in [1.29, 1.82) is 0 Å². The predicted octanol–water partition coefficient (Wildman–Crippen LogP) is 3.73. The Kier molecular flexibility index (Phi) is 5.99. The van der Waals surface area contributed by atoms with Gasteiger partial charge in [0.15, 0.2) is 0 Å². The second-order valence-electron chi connectivity index (χ2n) is 5.37. The lowest BCUT2D eigenvalue weighted by molar-refractivity contribution is -0.115. The van der Waals surface area contributed by atoms with Crippen LogP contribution in [0.15, 0.2) is 42.5 Å². The summed E-state index contributed by atoms with van der Waals surface area (Å²) in [5.41, 5.74) is 4.27. The van der Waals surface area contributed by atoms with E-state index in [-0.39, 0.29) is 5.91 Å². The van der Waals surface area contributed by atoms with Crippen molar-refractivity contribution in [2.24, 2.45) is 0 Å². The molecule has 0 spiro atoms. The highest BCUT2D eigenvalue weighted by Gasteiger charge is 2.06. The molecule has 0 fully saturated rings. The lowest BCUT2D eigenvalue weighted by Crippen LogP contribution is -2.30. The summed E-state index contributed by atoms with van der Waals surface area (Å²) in [4.78, 5) is 12.0. The monoisotopic (exact) mass is 316 g/mol. The van der Waals surface area contributed by atoms with E-state index in [0.717, 1.165) is 34.8 Å². The van der Waals surface area contributed by atoms with Gasteiger partial charge in [-0.25, -0.2) is 0 Å². The molecule has 22 heavy (non-hydrogen) atoms. The van der Waals surface area contributed by atoms with Crippen molar-refractivity contribution in [2.75, 3.05) is 18.4 Å². The normalized spacial score (nSPS) is 10.5. The van der Waals surface area contributed by atoms with Gasteiger partial charge < -0.3 is 10.6 Å². The lowest BCUT2D eigenvalue weighted by Gasteiger charge is -2.12. The third-order valence-corrected chi connectivity index (χ3v) is 3.79. The number of carbonyl (C=O) groups is 1. The largest absolute Gasteiger partial charge is 0.324 e. The average Bonchev–Trinajstić information content (AvgIpc) is 2.49. The second kappa shape index (κ2) is 7.97. The van der Waals surface area contributed by atoms with Crippen LogP contribution in [-0.2, 0) is 11.2 Å². The molecule has 0 bridgehead atoms. The van der Waals surface area contributed by atoms with Gasteiger partial charge in [-0.2, -0.15) is 0 Å². The summed E-state index contributed by atoms with van der Waals surface area (Å²) >= 11 is 5.85. The zero-order chi connectivity index (χ0) is 15.9. The molecule has 2 aromatic carbocycles. The summed E-state index contributed by atoms with van der Waals surface area (Å²) in [6, 6.07) is 13.7. The van der Waals surface area contributed by atoms with Crippen LogP contribution in [0.25, 0.3) is 0 Å². The number of hydrogen-bond acceptors (Lipinski definition) is 2. The third kappa shape index (κ3) is 4.86. The van der Waals surface area contributed by atoms with Crippen LogP contribution in [0.1, 0.15) is 16.7 Å². The van der Waals surface area contributed by atoms with Crippen LogP contribution < -0.4 is 10.6 Å². The second-order valence-corrected chi connectivity index (χ2v) is 5.80. The van der Waals surface area contributed by atoms with Crippen LogP contribution in [0, 0.1) is 13.8 Å². The van der Waals surface area contributed by atoms with E-state index in [1.54, 1.807) is 0 Å². The van der Waals surface area contributed by atoms with Crippen LogP contribution in [0.2, 0.25) is 5.02 Å². The van der Waals surface area contributed by atoms with E-state index in [1.165, 1.54) is 5.56 Å². The fraction of sp³-hybridized carbons (Fsp3) is 0.278. The Balaban J connectivity index is 1.75. The average molecular weight is 317 g/mol. The van der Waals surface area contributed by atoms with Gasteiger partial charge in [0.25, 0.3) is 0 Å². The van der Waals surface area contributed by atoms with Gasteiger partial charge in [0.2, 0.25) is 5.91 Å². The van der Waals surface area contributed by atoms with E-state index >= 15 is 0 Å². The number of halogens is 1. The molecule has 2 aromatic rings. The van der Waals surface area contributed by atoms with Crippen LogP contribution in [0.5, 0.6) is 0 Å². The molecule has 0 aliphatic heterocycles. The molecule has 0 aromatic heterocycles. The topological polar surface area (TPSA) is 41.1 Å². The minimum absolute atomic E-state index is 0.0199. The number of hydrogen-bond donors (Lipinski definition) is 2. The fourth-order valence-corrected chi connectivity index (χ4v) is 2.41. The molecule has 0 aliphatic rings. The van der Waals surface area contributed by atoms with Crippen LogP contribution >= 0.6 is 11.6 Å². The van der Waals surface area contributed by atoms with Crippen LogP contribution in [0.3, 0.4) is 0 Å². The molecule has 0 heterocycles. The molecule has 1 amide bonds. The Labute approximate surface area is 136 Å². The van der Waals surface area contributed by atoms with Crippen molar-refractivity contribution in [3.8, 4) is 0 Å². The molecule has 0 radical (unpaired) electrons. The molecule has 2 rings (SSSR count). The number of anilines is 1. The first-order chi connectivity index (χ1) is 10.6. The highest BCUT2D eigenvalue weighted by atomic mass is 35.5. The summed E-state index contributed by atoms with van der Waals surface area (Å²) < 4.78 is 0. The molecule has 2 N–H and O–H groups in total. The highest BCUT2D eigenvalue weighted by molar-refractivity contribution is 6.30. The molecule has 0 atom stereocenters. The summed E-state index contributed by atoms with van der Waals surface area (Å²) in [7, 11) is 0. The SMILES string of the molecule is Cc1cccc(C)c1NC(=O)CNCCc1ccc(Cl)cc1. The maximum atomic E-state index is 12.0. The first-order valence-electron chi connectivity index (χ1n) is 7.37. The Morgan fingerprint density at radius 1 is 1.05 bits per heavy atom. The zero-order valence-corrected chi connectivity index (χ0v) is 13.7. The quantitative estimate of drug-likeness (QED) is 0.797. The molecular weight excluding hydrogens is 296 g/mol. The van der Waals surface area contributed by atoms with E-state index < -0.39 is 0 Å². The molecule has 116 valence electrons. The summed E-state index contributed by atoms with van der Waals surface area (Å²) in [6.45, 7) is 5.05. The molecule has 0 unspecified atom stereocenters. The maximum absolute atomic E-state index is 12.0. The van der Waals surface area contributed by atoms with E-state index in [1.807, 2.05) is 56.3 Å². The first-order valence-corrected chi connectivity index (χ1v) is 7.75.